The summed E-state index contributed by atoms with van der Waals surface area (Å²) in [5.74, 6) is -0.0650. The summed E-state index contributed by atoms with van der Waals surface area (Å²) in [7, 11) is 0. The van der Waals surface area contributed by atoms with Gasteiger partial charge in [-0.25, -0.2) is 4.68 Å². The number of thiophene rings is 1. The van der Waals surface area contributed by atoms with E-state index in [1.807, 2.05) is 60.8 Å². The highest BCUT2D eigenvalue weighted by Gasteiger charge is 2.36. The molecule has 0 unspecified atom stereocenters. The minimum atomic E-state index is -0.898. The molecule has 4 aromatic rings. The lowest BCUT2D eigenvalue weighted by molar-refractivity contribution is -0.127. The van der Waals surface area contributed by atoms with Gasteiger partial charge in [0.15, 0.2) is 0 Å². The molecule has 0 saturated carbocycles. The SMILES string of the molecule is CCOc1ccccc1N(C(=O)Cn1nnc2ccccc21)[C@@H](C(=O)NC[C@H]1CCCO1)c1cccs1. The summed E-state index contributed by atoms with van der Waals surface area (Å²) in [6.07, 6.45) is 1.86. The fourth-order valence-corrected chi connectivity index (χ4v) is 5.34. The van der Waals surface area contributed by atoms with Crippen LogP contribution in [0.5, 0.6) is 5.75 Å². The predicted molar refractivity (Wildman–Crippen MR) is 142 cm³/mol. The summed E-state index contributed by atoms with van der Waals surface area (Å²) >= 11 is 1.43. The number of carbonyl (C=O) groups is 2. The first-order valence-corrected chi connectivity index (χ1v) is 13.3. The Morgan fingerprint density at radius 3 is 2.81 bits per heavy atom. The average Bonchev–Trinajstić information content (AvgIpc) is 3.70. The van der Waals surface area contributed by atoms with E-state index >= 15 is 0 Å². The number of ether oxygens (including phenoxy) is 2. The van der Waals surface area contributed by atoms with Gasteiger partial charge in [0, 0.05) is 18.0 Å². The van der Waals surface area contributed by atoms with Crippen LogP contribution in [0.25, 0.3) is 11.0 Å². The van der Waals surface area contributed by atoms with Crippen LogP contribution >= 0.6 is 11.3 Å². The number of carbonyl (C=O) groups excluding carboxylic acids is 2. The van der Waals surface area contributed by atoms with E-state index in [1.54, 1.807) is 16.8 Å². The molecule has 0 aliphatic carbocycles. The first-order valence-electron chi connectivity index (χ1n) is 12.4. The largest absolute Gasteiger partial charge is 0.492 e. The first-order chi connectivity index (χ1) is 18.2. The maximum Gasteiger partial charge on any atom is 0.249 e. The molecule has 1 N–H and O–H groups in total. The number of nitrogens with one attached hydrogen (secondary N) is 1. The van der Waals surface area contributed by atoms with Gasteiger partial charge in [-0.3, -0.25) is 14.5 Å². The van der Waals surface area contributed by atoms with Gasteiger partial charge in [0.2, 0.25) is 11.8 Å². The van der Waals surface area contributed by atoms with Gasteiger partial charge in [-0.05, 0) is 55.5 Å². The van der Waals surface area contributed by atoms with Crippen LogP contribution in [0.2, 0.25) is 0 Å². The highest BCUT2D eigenvalue weighted by atomic mass is 32.1. The van der Waals surface area contributed by atoms with Crippen molar-refractivity contribution in [1.29, 1.82) is 0 Å². The minimum absolute atomic E-state index is 0.0192. The second-order valence-corrected chi connectivity index (χ2v) is 9.68. The number of anilines is 1. The molecule has 2 atom stereocenters. The first kappa shape index (κ1) is 24.9. The zero-order valence-corrected chi connectivity index (χ0v) is 21.4. The fraction of sp³-hybridized carbons (Fsp3) is 0.333. The molecule has 0 spiro atoms. The molecule has 1 aliphatic rings. The third kappa shape index (κ3) is 5.50. The Labute approximate surface area is 219 Å². The molecule has 5 rings (SSSR count). The van der Waals surface area contributed by atoms with Crippen LogP contribution in [0.4, 0.5) is 5.69 Å². The number of rotatable bonds is 10. The number of amides is 2. The van der Waals surface area contributed by atoms with Gasteiger partial charge in [-0.2, -0.15) is 0 Å². The van der Waals surface area contributed by atoms with E-state index in [9.17, 15) is 9.59 Å². The number of fused-ring (bicyclic) bond motifs is 1. The van der Waals surface area contributed by atoms with Gasteiger partial charge in [0.1, 0.15) is 23.9 Å². The molecule has 2 aromatic carbocycles. The Kier molecular flexibility index (Phi) is 7.76. The predicted octanol–water partition coefficient (Wildman–Crippen LogP) is 3.96. The zero-order valence-electron chi connectivity index (χ0n) is 20.6. The summed E-state index contributed by atoms with van der Waals surface area (Å²) in [6, 6.07) is 17.6. The van der Waals surface area contributed by atoms with Crippen molar-refractivity contribution >= 4 is 39.9 Å². The molecule has 0 bridgehead atoms. The quantitative estimate of drug-likeness (QED) is 0.341. The molecular weight excluding hydrogens is 490 g/mol. The lowest BCUT2D eigenvalue weighted by Crippen LogP contribution is -2.46. The average molecular weight is 520 g/mol. The van der Waals surface area contributed by atoms with Gasteiger partial charge >= 0.3 is 0 Å². The number of hydrogen-bond donors (Lipinski definition) is 1. The van der Waals surface area contributed by atoms with Crippen molar-refractivity contribution in [3.63, 3.8) is 0 Å². The van der Waals surface area contributed by atoms with E-state index in [0.29, 0.717) is 36.7 Å². The summed E-state index contributed by atoms with van der Waals surface area (Å²) in [5.41, 5.74) is 1.95. The molecule has 3 heterocycles. The van der Waals surface area contributed by atoms with Gasteiger partial charge in [-0.1, -0.05) is 35.5 Å². The Hall–Kier alpha value is -3.76. The second kappa shape index (κ2) is 11.5. The molecule has 1 saturated heterocycles. The third-order valence-corrected chi connectivity index (χ3v) is 7.17. The molecule has 1 fully saturated rings. The van der Waals surface area contributed by atoms with Crippen molar-refractivity contribution in [2.45, 2.75) is 38.5 Å². The molecule has 2 amide bonds. The normalized spacial score (nSPS) is 16.0. The second-order valence-electron chi connectivity index (χ2n) is 8.70. The summed E-state index contributed by atoms with van der Waals surface area (Å²) in [6.45, 7) is 3.30. The number of aromatic nitrogens is 3. The van der Waals surface area contributed by atoms with Crippen LogP contribution < -0.4 is 15.0 Å². The molecule has 37 heavy (non-hydrogen) atoms. The summed E-state index contributed by atoms with van der Waals surface area (Å²) in [4.78, 5) is 30.1. The van der Waals surface area contributed by atoms with Crippen molar-refractivity contribution in [2.75, 3.05) is 24.7 Å². The maximum absolute atomic E-state index is 14.1. The molecule has 10 heteroatoms. The molecular formula is C27H29N5O4S. The van der Waals surface area contributed by atoms with Crippen molar-refractivity contribution in [2.24, 2.45) is 0 Å². The van der Waals surface area contributed by atoms with Crippen molar-refractivity contribution in [3.05, 3.63) is 70.9 Å². The van der Waals surface area contributed by atoms with E-state index < -0.39 is 6.04 Å². The van der Waals surface area contributed by atoms with Crippen LogP contribution in [-0.4, -0.2) is 52.7 Å². The van der Waals surface area contributed by atoms with Gasteiger partial charge in [0.25, 0.3) is 0 Å². The molecule has 9 nitrogen and oxygen atoms in total. The van der Waals surface area contributed by atoms with Crippen LogP contribution in [-0.2, 0) is 20.9 Å². The number of benzene rings is 2. The lowest BCUT2D eigenvalue weighted by Gasteiger charge is -2.32. The Balaban J connectivity index is 1.53. The summed E-state index contributed by atoms with van der Waals surface area (Å²) < 4.78 is 13.1. The summed E-state index contributed by atoms with van der Waals surface area (Å²) in [5, 5.41) is 13.3. The zero-order chi connectivity index (χ0) is 25.6. The highest BCUT2D eigenvalue weighted by Crippen LogP contribution is 2.37. The lowest BCUT2D eigenvalue weighted by atomic mass is 10.1. The Morgan fingerprint density at radius 2 is 2.03 bits per heavy atom. The Morgan fingerprint density at radius 1 is 1.19 bits per heavy atom. The van der Waals surface area contributed by atoms with Crippen molar-refractivity contribution < 1.29 is 19.1 Å². The monoisotopic (exact) mass is 519 g/mol. The van der Waals surface area contributed by atoms with Gasteiger partial charge in [0.05, 0.1) is 23.9 Å². The fourth-order valence-electron chi connectivity index (χ4n) is 4.53. The topological polar surface area (TPSA) is 98.6 Å². The third-order valence-electron chi connectivity index (χ3n) is 6.25. The van der Waals surface area contributed by atoms with Crippen LogP contribution in [0.1, 0.15) is 30.7 Å². The molecule has 192 valence electrons. The highest BCUT2D eigenvalue weighted by molar-refractivity contribution is 7.10. The number of para-hydroxylation sites is 3. The standard InChI is InChI=1S/C27H29N5O4S/c1-2-35-23-13-6-5-12-22(23)32(25(33)18-31-21-11-4-3-10-20(21)29-30-31)26(24-14-8-16-37-24)27(34)28-17-19-9-7-15-36-19/h3-6,8,10-14,16,19,26H,2,7,9,15,17-18H2,1H3,(H,28,34)/t19-,26-/m1/s1. The molecule has 1 aliphatic heterocycles. The van der Waals surface area contributed by atoms with E-state index in [2.05, 4.69) is 15.6 Å². The molecule has 0 radical (unpaired) electrons. The number of nitrogens with zero attached hydrogens (tertiary/aromatic N) is 4. The minimum Gasteiger partial charge on any atom is -0.492 e. The van der Waals surface area contributed by atoms with E-state index in [1.165, 1.54) is 16.2 Å². The van der Waals surface area contributed by atoms with E-state index in [-0.39, 0.29) is 24.5 Å². The van der Waals surface area contributed by atoms with Gasteiger partial charge in [-0.15, -0.1) is 16.4 Å². The maximum atomic E-state index is 14.1. The van der Waals surface area contributed by atoms with Gasteiger partial charge < -0.3 is 14.8 Å². The van der Waals surface area contributed by atoms with E-state index in [4.69, 9.17) is 9.47 Å². The Bertz CT molecular complexity index is 1350. The van der Waals surface area contributed by atoms with Crippen LogP contribution in [0, 0.1) is 0 Å². The van der Waals surface area contributed by atoms with Crippen LogP contribution in [0.15, 0.2) is 66.0 Å². The smallest absolute Gasteiger partial charge is 0.249 e. The molecule has 2 aromatic heterocycles. The number of hydrogen-bond acceptors (Lipinski definition) is 7. The van der Waals surface area contributed by atoms with Crippen LogP contribution in [0.3, 0.4) is 0 Å². The van der Waals surface area contributed by atoms with Crippen molar-refractivity contribution in [3.8, 4) is 5.75 Å². The van der Waals surface area contributed by atoms with E-state index in [0.717, 1.165) is 23.2 Å². The van der Waals surface area contributed by atoms with Crippen molar-refractivity contribution in [1.82, 2.24) is 20.3 Å².